The van der Waals surface area contributed by atoms with Gasteiger partial charge in [-0.05, 0) is 44.5 Å². The summed E-state index contributed by atoms with van der Waals surface area (Å²) >= 11 is 0. The number of pyridine rings is 1. The fraction of sp³-hybridized carbons (Fsp3) is 0.526. The van der Waals surface area contributed by atoms with Gasteiger partial charge in [0, 0.05) is 36.4 Å². The standard InChI is InChI=1S/C19H27N3/c1-4-16-12-19(17-8-6-7-9-18(17)20-16)22-11-10-15(14-22)13-21(3)5-2/h6-9,12,15H,4-5,10-11,13-14H2,1-3H3. The number of aromatic nitrogens is 1. The third-order valence-electron chi connectivity index (χ3n) is 4.85. The van der Waals surface area contributed by atoms with Gasteiger partial charge >= 0.3 is 0 Å². The molecule has 1 unspecified atom stereocenters. The first-order valence-electron chi connectivity index (χ1n) is 8.53. The maximum absolute atomic E-state index is 4.77. The number of fused-ring (bicyclic) bond motifs is 1. The minimum atomic E-state index is 0.780. The fourth-order valence-corrected chi connectivity index (χ4v) is 3.42. The van der Waals surface area contributed by atoms with Crippen molar-refractivity contribution in [3.05, 3.63) is 36.0 Å². The SMILES string of the molecule is CCc1cc(N2CCC(CN(C)CC)C2)c2ccccc2n1. The number of aryl methyl sites for hydroxylation is 1. The minimum absolute atomic E-state index is 0.780. The van der Waals surface area contributed by atoms with E-state index >= 15 is 0 Å². The molecule has 1 saturated heterocycles. The molecule has 0 aliphatic carbocycles. The number of para-hydroxylation sites is 1. The zero-order chi connectivity index (χ0) is 15.5. The largest absolute Gasteiger partial charge is 0.371 e. The van der Waals surface area contributed by atoms with Crippen LogP contribution in [-0.4, -0.2) is 43.1 Å². The topological polar surface area (TPSA) is 19.4 Å². The van der Waals surface area contributed by atoms with Gasteiger partial charge in [0.1, 0.15) is 0 Å². The van der Waals surface area contributed by atoms with E-state index in [-0.39, 0.29) is 0 Å². The van der Waals surface area contributed by atoms with Crippen molar-refractivity contribution in [2.24, 2.45) is 5.92 Å². The van der Waals surface area contributed by atoms with Crippen molar-refractivity contribution in [1.29, 1.82) is 0 Å². The van der Waals surface area contributed by atoms with E-state index < -0.39 is 0 Å². The Hall–Kier alpha value is -1.61. The number of hydrogen-bond donors (Lipinski definition) is 0. The van der Waals surface area contributed by atoms with Gasteiger partial charge in [-0.25, -0.2) is 0 Å². The van der Waals surface area contributed by atoms with Gasteiger partial charge in [0.05, 0.1) is 5.52 Å². The summed E-state index contributed by atoms with van der Waals surface area (Å²) in [6.45, 7) is 9.09. The van der Waals surface area contributed by atoms with Gasteiger partial charge in [-0.2, -0.15) is 0 Å². The molecule has 0 amide bonds. The van der Waals surface area contributed by atoms with Crippen molar-refractivity contribution in [3.8, 4) is 0 Å². The van der Waals surface area contributed by atoms with Crippen molar-refractivity contribution in [1.82, 2.24) is 9.88 Å². The monoisotopic (exact) mass is 297 g/mol. The number of rotatable bonds is 5. The zero-order valence-electron chi connectivity index (χ0n) is 14.0. The van der Waals surface area contributed by atoms with E-state index in [0.29, 0.717) is 0 Å². The van der Waals surface area contributed by atoms with Crippen LogP contribution in [-0.2, 0) is 6.42 Å². The Bertz CT molecular complexity index is 638. The molecule has 3 nitrogen and oxygen atoms in total. The smallest absolute Gasteiger partial charge is 0.0726 e. The maximum atomic E-state index is 4.77. The summed E-state index contributed by atoms with van der Waals surface area (Å²) < 4.78 is 0. The van der Waals surface area contributed by atoms with Crippen LogP contribution in [0.3, 0.4) is 0 Å². The van der Waals surface area contributed by atoms with Crippen LogP contribution in [0.1, 0.15) is 26.0 Å². The zero-order valence-corrected chi connectivity index (χ0v) is 14.0. The minimum Gasteiger partial charge on any atom is -0.371 e. The molecule has 1 atom stereocenters. The molecule has 0 bridgehead atoms. The summed E-state index contributed by atoms with van der Waals surface area (Å²) in [5, 5.41) is 1.30. The lowest BCUT2D eigenvalue weighted by Crippen LogP contribution is -2.28. The molecule has 2 heterocycles. The molecular formula is C19H27N3. The Kier molecular flexibility index (Phi) is 4.63. The summed E-state index contributed by atoms with van der Waals surface area (Å²) in [6, 6.07) is 10.9. The summed E-state index contributed by atoms with van der Waals surface area (Å²) in [4.78, 5) is 9.77. The van der Waals surface area contributed by atoms with E-state index in [1.807, 2.05) is 0 Å². The van der Waals surface area contributed by atoms with Gasteiger partial charge < -0.3 is 9.80 Å². The van der Waals surface area contributed by atoms with Crippen molar-refractivity contribution in [3.63, 3.8) is 0 Å². The second kappa shape index (κ2) is 6.66. The van der Waals surface area contributed by atoms with Gasteiger partial charge in [-0.1, -0.05) is 32.0 Å². The average molecular weight is 297 g/mol. The van der Waals surface area contributed by atoms with E-state index in [4.69, 9.17) is 4.98 Å². The number of nitrogens with zero attached hydrogens (tertiary/aromatic N) is 3. The third kappa shape index (κ3) is 3.09. The van der Waals surface area contributed by atoms with Crippen molar-refractivity contribution >= 4 is 16.6 Å². The summed E-state index contributed by atoms with van der Waals surface area (Å²) in [5.74, 6) is 0.780. The van der Waals surface area contributed by atoms with Crippen LogP contribution in [0, 0.1) is 5.92 Å². The van der Waals surface area contributed by atoms with Crippen LogP contribution >= 0.6 is 0 Å². The number of hydrogen-bond acceptors (Lipinski definition) is 3. The van der Waals surface area contributed by atoms with E-state index in [9.17, 15) is 0 Å². The Morgan fingerprint density at radius 3 is 2.86 bits per heavy atom. The molecule has 22 heavy (non-hydrogen) atoms. The molecule has 0 spiro atoms. The van der Waals surface area contributed by atoms with Crippen LogP contribution in [0.2, 0.25) is 0 Å². The second-order valence-corrected chi connectivity index (χ2v) is 6.46. The van der Waals surface area contributed by atoms with Gasteiger partial charge in [0.25, 0.3) is 0 Å². The quantitative estimate of drug-likeness (QED) is 0.841. The van der Waals surface area contributed by atoms with Crippen LogP contribution in [0.5, 0.6) is 0 Å². The van der Waals surface area contributed by atoms with E-state index in [1.54, 1.807) is 0 Å². The van der Waals surface area contributed by atoms with Gasteiger partial charge in [0.15, 0.2) is 0 Å². The first-order valence-corrected chi connectivity index (χ1v) is 8.53. The Labute approximate surface area is 133 Å². The summed E-state index contributed by atoms with van der Waals surface area (Å²) in [7, 11) is 2.22. The van der Waals surface area contributed by atoms with Crippen LogP contribution in [0.25, 0.3) is 10.9 Å². The highest BCUT2D eigenvalue weighted by Gasteiger charge is 2.25. The van der Waals surface area contributed by atoms with Crippen molar-refractivity contribution in [2.75, 3.05) is 38.1 Å². The van der Waals surface area contributed by atoms with Gasteiger partial charge in [0.2, 0.25) is 0 Å². The Balaban J connectivity index is 1.87. The molecule has 3 rings (SSSR count). The number of anilines is 1. The Morgan fingerprint density at radius 1 is 1.27 bits per heavy atom. The van der Waals surface area contributed by atoms with Crippen molar-refractivity contribution < 1.29 is 0 Å². The first-order chi connectivity index (χ1) is 10.7. The van der Waals surface area contributed by atoms with Crippen LogP contribution < -0.4 is 4.90 Å². The first kappa shape index (κ1) is 15.3. The van der Waals surface area contributed by atoms with Gasteiger partial charge in [-0.3, -0.25) is 4.98 Å². The molecule has 1 aromatic heterocycles. The van der Waals surface area contributed by atoms with E-state index in [0.717, 1.165) is 24.4 Å². The molecule has 1 fully saturated rings. The molecule has 0 saturated carbocycles. The molecular weight excluding hydrogens is 270 g/mol. The maximum Gasteiger partial charge on any atom is 0.0726 e. The number of benzene rings is 1. The molecule has 0 N–H and O–H groups in total. The van der Waals surface area contributed by atoms with E-state index in [1.165, 1.54) is 42.8 Å². The third-order valence-corrected chi connectivity index (χ3v) is 4.85. The lowest BCUT2D eigenvalue weighted by Gasteiger charge is -2.23. The predicted molar refractivity (Wildman–Crippen MR) is 94.6 cm³/mol. The molecule has 3 heteroatoms. The molecule has 2 aromatic rings. The highest BCUT2D eigenvalue weighted by atomic mass is 15.2. The van der Waals surface area contributed by atoms with Crippen LogP contribution in [0.4, 0.5) is 5.69 Å². The molecule has 118 valence electrons. The van der Waals surface area contributed by atoms with Crippen molar-refractivity contribution in [2.45, 2.75) is 26.7 Å². The van der Waals surface area contributed by atoms with Crippen LogP contribution in [0.15, 0.2) is 30.3 Å². The molecule has 1 aliphatic heterocycles. The molecule has 0 radical (unpaired) electrons. The average Bonchev–Trinajstić information content (AvgIpc) is 3.01. The van der Waals surface area contributed by atoms with Gasteiger partial charge in [-0.15, -0.1) is 0 Å². The fourth-order valence-electron chi connectivity index (χ4n) is 3.42. The second-order valence-electron chi connectivity index (χ2n) is 6.46. The lowest BCUT2D eigenvalue weighted by molar-refractivity contribution is 0.300. The normalized spacial score (nSPS) is 18.5. The Morgan fingerprint density at radius 2 is 2.09 bits per heavy atom. The predicted octanol–water partition coefficient (Wildman–Crippen LogP) is 3.58. The summed E-state index contributed by atoms with van der Waals surface area (Å²) in [5.41, 5.74) is 3.71. The highest BCUT2D eigenvalue weighted by Crippen LogP contribution is 2.31. The highest BCUT2D eigenvalue weighted by molar-refractivity contribution is 5.92. The summed E-state index contributed by atoms with van der Waals surface area (Å²) in [6.07, 6.45) is 2.29. The van der Waals surface area contributed by atoms with E-state index in [2.05, 4.69) is 61.0 Å². The molecule has 1 aliphatic rings. The molecule has 1 aromatic carbocycles. The lowest BCUT2D eigenvalue weighted by atomic mass is 10.1.